The molecule has 2 heteroatoms. The lowest BCUT2D eigenvalue weighted by Gasteiger charge is -2.34. The van der Waals surface area contributed by atoms with Crippen LogP contribution in [-0.2, 0) is 6.42 Å². The number of hydrogen-bond donors (Lipinski definition) is 1. The summed E-state index contributed by atoms with van der Waals surface area (Å²) in [7, 11) is 1.68. The van der Waals surface area contributed by atoms with E-state index in [1.807, 2.05) is 12.1 Å². The Hall–Kier alpha value is -1.02. The smallest absolute Gasteiger partial charge is 0.118 e. The van der Waals surface area contributed by atoms with Crippen LogP contribution in [-0.4, -0.2) is 18.3 Å². The minimum atomic E-state index is -0.151. The van der Waals surface area contributed by atoms with E-state index in [2.05, 4.69) is 26.0 Å². The highest BCUT2D eigenvalue weighted by molar-refractivity contribution is 5.27. The number of aliphatic hydroxyl groups excluding tert-OH is 1. The first-order valence-corrected chi connectivity index (χ1v) is 7.89. The van der Waals surface area contributed by atoms with Gasteiger partial charge in [0.25, 0.3) is 0 Å². The number of hydrogen-bond acceptors (Lipinski definition) is 2. The highest BCUT2D eigenvalue weighted by Gasteiger charge is 2.28. The highest BCUT2D eigenvalue weighted by atomic mass is 16.5. The van der Waals surface area contributed by atoms with E-state index in [0.29, 0.717) is 5.92 Å². The average molecular weight is 276 g/mol. The summed E-state index contributed by atoms with van der Waals surface area (Å²) in [6.45, 7) is 4.64. The van der Waals surface area contributed by atoms with E-state index in [0.717, 1.165) is 30.4 Å². The molecule has 1 aliphatic rings. The van der Waals surface area contributed by atoms with Crippen molar-refractivity contribution in [2.45, 2.75) is 52.1 Å². The maximum absolute atomic E-state index is 10.4. The lowest BCUT2D eigenvalue weighted by Crippen LogP contribution is -2.29. The Labute approximate surface area is 123 Å². The zero-order chi connectivity index (χ0) is 14.5. The topological polar surface area (TPSA) is 29.5 Å². The van der Waals surface area contributed by atoms with Crippen molar-refractivity contribution in [1.82, 2.24) is 0 Å². The summed E-state index contributed by atoms with van der Waals surface area (Å²) < 4.78 is 5.16. The lowest BCUT2D eigenvalue weighted by molar-refractivity contribution is 0.0500. The SMILES string of the molecule is COc1ccc(CCC(O)C2CC(C)CC(C)C2)cc1. The molecule has 1 N–H and O–H groups in total. The van der Waals surface area contributed by atoms with Crippen LogP contribution in [0.1, 0.15) is 45.1 Å². The van der Waals surface area contributed by atoms with Gasteiger partial charge in [-0.2, -0.15) is 0 Å². The Morgan fingerprint density at radius 1 is 1.10 bits per heavy atom. The molecule has 20 heavy (non-hydrogen) atoms. The van der Waals surface area contributed by atoms with Crippen LogP contribution >= 0.6 is 0 Å². The Morgan fingerprint density at radius 3 is 2.25 bits per heavy atom. The van der Waals surface area contributed by atoms with Crippen molar-refractivity contribution in [2.75, 3.05) is 7.11 Å². The second-order valence-corrected chi connectivity index (χ2v) is 6.63. The fraction of sp³-hybridized carbons (Fsp3) is 0.667. The number of rotatable bonds is 5. The Kier molecular flexibility index (Phi) is 5.47. The van der Waals surface area contributed by atoms with Gasteiger partial charge in [0.15, 0.2) is 0 Å². The molecular weight excluding hydrogens is 248 g/mol. The van der Waals surface area contributed by atoms with Gasteiger partial charge in [0.05, 0.1) is 13.2 Å². The van der Waals surface area contributed by atoms with Gasteiger partial charge in [0.2, 0.25) is 0 Å². The Morgan fingerprint density at radius 2 is 1.70 bits per heavy atom. The van der Waals surface area contributed by atoms with Crippen LogP contribution in [0.25, 0.3) is 0 Å². The molecule has 1 aliphatic carbocycles. The largest absolute Gasteiger partial charge is 0.497 e. The first-order valence-electron chi connectivity index (χ1n) is 7.89. The van der Waals surface area contributed by atoms with Crippen molar-refractivity contribution in [3.8, 4) is 5.75 Å². The molecule has 0 bridgehead atoms. The molecule has 2 nitrogen and oxygen atoms in total. The van der Waals surface area contributed by atoms with E-state index in [1.54, 1.807) is 7.11 Å². The van der Waals surface area contributed by atoms with E-state index >= 15 is 0 Å². The maximum Gasteiger partial charge on any atom is 0.118 e. The third-order valence-electron chi connectivity index (χ3n) is 4.65. The average Bonchev–Trinajstić information content (AvgIpc) is 2.44. The lowest BCUT2D eigenvalue weighted by atomic mass is 9.74. The summed E-state index contributed by atoms with van der Waals surface area (Å²) in [6, 6.07) is 8.17. The summed E-state index contributed by atoms with van der Waals surface area (Å²) in [5.74, 6) is 2.91. The van der Waals surface area contributed by atoms with E-state index in [1.165, 1.54) is 24.8 Å². The van der Waals surface area contributed by atoms with Gasteiger partial charge in [-0.3, -0.25) is 0 Å². The van der Waals surface area contributed by atoms with Crippen molar-refractivity contribution in [3.05, 3.63) is 29.8 Å². The van der Waals surface area contributed by atoms with E-state index in [-0.39, 0.29) is 6.10 Å². The van der Waals surface area contributed by atoms with Gasteiger partial charge < -0.3 is 9.84 Å². The zero-order valence-corrected chi connectivity index (χ0v) is 13.0. The minimum absolute atomic E-state index is 0.151. The van der Waals surface area contributed by atoms with Gasteiger partial charge >= 0.3 is 0 Å². The van der Waals surface area contributed by atoms with Crippen LogP contribution in [0.2, 0.25) is 0 Å². The summed E-state index contributed by atoms with van der Waals surface area (Å²) in [4.78, 5) is 0. The van der Waals surface area contributed by atoms with Crippen LogP contribution in [0.15, 0.2) is 24.3 Å². The molecule has 0 saturated heterocycles. The van der Waals surface area contributed by atoms with Gasteiger partial charge in [-0.15, -0.1) is 0 Å². The van der Waals surface area contributed by atoms with Gasteiger partial charge in [0.1, 0.15) is 5.75 Å². The predicted octanol–water partition coefficient (Wildman–Crippen LogP) is 4.06. The highest BCUT2D eigenvalue weighted by Crippen LogP contribution is 2.35. The maximum atomic E-state index is 10.4. The van der Waals surface area contributed by atoms with Crippen LogP contribution < -0.4 is 4.74 Å². The number of aryl methyl sites for hydroxylation is 1. The van der Waals surface area contributed by atoms with E-state index < -0.39 is 0 Å². The summed E-state index contributed by atoms with van der Waals surface area (Å²) in [6.07, 6.45) is 5.37. The molecule has 1 saturated carbocycles. The summed E-state index contributed by atoms with van der Waals surface area (Å²) in [5, 5.41) is 10.4. The van der Waals surface area contributed by atoms with Crippen molar-refractivity contribution >= 4 is 0 Å². The molecule has 112 valence electrons. The van der Waals surface area contributed by atoms with Crippen LogP contribution in [0.4, 0.5) is 0 Å². The normalized spacial score (nSPS) is 28.1. The second-order valence-electron chi connectivity index (χ2n) is 6.63. The Balaban J connectivity index is 1.83. The minimum Gasteiger partial charge on any atom is -0.497 e. The van der Waals surface area contributed by atoms with E-state index in [4.69, 9.17) is 4.74 Å². The molecule has 1 aromatic rings. The standard InChI is InChI=1S/C18H28O2/c1-13-10-14(2)12-16(11-13)18(19)9-6-15-4-7-17(20-3)8-5-15/h4-5,7-8,13-14,16,18-19H,6,9-12H2,1-3H3. The number of methoxy groups -OCH3 is 1. The second kappa shape index (κ2) is 7.12. The summed E-state index contributed by atoms with van der Waals surface area (Å²) in [5.41, 5.74) is 1.28. The van der Waals surface area contributed by atoms with Crippen LogP contribution in [0.5, 0.6) is 5.75 Å². The van der Waals surface area contributed by atoms with Crippen molar-refractivity contribution in [1.29, 1.82) is 0 Å². The third kappa shape index (κ3) is 4.24. The molecule has 0 amide bonds. The molecule has 0 spiro atoms. The molecule has 3 unspecified atom stereocenters. The monoisotopic (exact) mass is 276 g/mol. The molecular formula is C18H28O2. The molecule has 1 fully saturated rings. The van der Waals surface area contributed by atoms with Crippen LogP contribution in [0.3, 0.4) is 0 Å². The molecule has 0 radical (unpaired) electrons. The van der Waals surface area contributed by atoms with Crippen molar-refractivity contribution < 1.29 is 9.84 Å². The molecule has 0 aliphatic heterocycles. The molecule has 0 aromatic heterocycles. The number of benzene rings is 1. The quantitative estimate of drug-likeness (QED) is 0.878. The van der Waals surface area contributed by atoms with Crippen molar-refractivity contribution in [3.63, 3.8) is 0 Å². The van der Waals surface area contributed by atoms with Crippen LogP contribution in [0, 0.1) is 17.8 Å². The van der Waals surface area contributed by atoms with Gasteiger partial charge in [-0.25, -0.2) is 0 Å². The van der Waals surface area contributed by atoms with E-state index in [9.17, 15) is 5.11 Å². The number of aliphatic hydroxyl groups is 1. The van der Waals surface area contributed by atoms with Gasteiger partial charge in [-0.1, -0.05) is 26.0 Å². The fourth-order valence-corrected chi connectivity index (χ4v) is 3.67. The molecule has 3 atom stereocenters. The first kappa shape index (κ1) is 15.4. The molecule has 2 rings (SSSR count). The number of ether oxygens (including phenoxy) is 1. The predicted molar refractivity (Wildman–Crippen MR) is 83.0 cm³/mol. The first-order chi connectivity index (χ1) is 9.58. The van der Waals surface area contributed by atoms with Crippen molar-refractivity contribution in [2.24, 2.45) is 17.8 Å². The zero-order valence-electron chi connectivity index (χ0n) is 13.0. The molecule has 1 aromatic carbocycles. The summed E-state index contributed by atoms with van der Waals surface area (Å²) >= 11 is 0. The van der Waals surface area contributed by atoms with Gasteiger partial charge in [0, 0.05) is 0 Å². The molecule has 0 heterocycles. The Bertz CT molecular complexity index is 388. The third-order valence-corrected chi connectivity index (χ3v) is 4.65. The fourth-order valence-electron chi connectivity index (χ4n) is 3.67. The van der Waals surface area contributed by atoms with Gasteiger partial charge in [-0.05, 0) is 67.6 Å².